The number of carbonyl (C=O) groups is 1. The first-order chi connectivity index (χ1) is 9.17. The molecule has 0 amide bonds. The number of halogens is 1. The largest absolute Gasteiger partial charge is 0.693 e. The Balaban J connectivity index is -0.000000774. The number of hydrogen-bond acceptors (Lipinski definition) is 3. The minimum Gasteiger partial charge on any atom is -0.693 e. The van der Waals surface area contributed by atoms with Crippen LogP contribution in [-0.2, 0) is 23.5 Å². The molecule has 5 N–H and O–H groups in total. The number of esters is 1. The van der Waals surface area contributed by atoms with E-state index in [9.17, 15) is 4.79 Å². The molecule has 0 spiro atoms. The molecule has 0 saturated carbocycles. The summed E-state index contributed by atoms with van der Waals surface area (Å²) < 4.78 is 5.16. The smallest absolute Gasteiger partial charge is 0.693 e. The van der Waals surface area contributed by atoms with Gasteiger partial charge in [0.1, 0.15) is 6.61 Å². The number of benzene rings is 1. The van der Waals surface area contributed by atoms with Crippen molar-refractivity contribution in [3.8, 4) is 0 Å². The molecule has 0 aromatic heterocycles. The molecular formula is C13H23ClN4O2Pt-3. The molecule has 0 bridgehead atoms. The second-order valence-corrected chi connectivity index (χ2v) is 3.74. The van der Waals surface area contributed by atoms with Crippen molar-refractivity contribution < 1.29 is 28.3 Å². The van der Waals surface area contributed by atoms with Crippen molar-refractivity contribution >= 4 is 21.1 Å². The van der Waals surface area contributed by atoms with Crippen molar-refractivity contribution in [3.05, 3.63) is 47.9 Å². The average Bonchev–Trinajstić information content (AvgIpc) is 2.46. The summed E-state index contributed by atoms with van der Waals surface area (Å²) in [6.45, 7) is 7.25. The predicted octanol–water partition coefficient (Wildman–Crippen LogP) is 4.99. The maximum atomic E-state index is 11.6. The molecular weight excluding hydrogens is 475 g/mol. The molecule has 127 valence electrons. The van der Waals surface area contributed by atoms with E-state index in [0.717, 1.165) is 19.6 Å². The molecule has 8 heteroatoms. The number of ether oxygens (including phenoxy) is 1. The first kappa shape index (κ1) is 25.3. The van der Waals surface area contributed by atoms with Gasteiger partial charge < -0.3 is 27.7 Å². The summed E-state index contributed by atoms with van der Waals surface area (Å²) in [5.74, 6) is -0.322. The van der Waals surface area contributed by atoms with Crippen molar-refractivity contribution in [2.24, 2.45) is 0 Å². The molecule has 21 heavy (non-hydrogen) atoms. The van der Waals surface area contributed by atoms with E-state index in [4.69, 9.17) is 10.5 Å². The van der Waals surface area contributed by atoms with Crippen LogP contribution in [0.2, 0.25) is 0 Å². The minimum absolute atomic E-state index is 0. The third-order valence-corrected chi connectivity index (χ3v) is 2.66. The normalized spacial score (nSPS) is 8.86. The molecule has 0 radical (unpaired) electrons. The molecule has 0 unspecified atom stereocenters. The quantitative estimate of drug-likeness (QED) is 0.514. The van der Waals surface area contributed by atoms with Crippen LogP contribution < -0.4 is 0 Å². The van der Waals surface area contributed by atoms with E-state index in [0.29, 0.717) is 17.9 Å². The summed E-state index contributed by atoms with van der Waals surface area (Å²) in [7, 11) is 4.61. The van der Waals surface area contributed by atoms with Gasteiger partial charge in [0, 0.05) is 6.54 Å². The molecule has 1 aromatic rings. The van der Waals surface area contributed by atoms with Crippen molar-refractivity contribution in [1.29, 1.82) is 0 Å². The van der Waals surface area contributed by atoms with E-state index in [1.165, 1.54) is 0 Å². The molecule has 6 nitrogen and oxygen atoms in total. The Morgan fingerprint density at radius 3 is 2.10 bits per heavy atom. The first-order valence-corrected chi connectivity index (χ1v) is 8.82. The minimum atomic E-state index is -0.322. The van der Waals surface area contributed by atoms with Crippen LogP contribution in [0.15, 0.2) is 24.3 Å². The molecule has 1 rings (SSSR count). The number of rotatable bonds is 6. The van der Waals surface area contributed by atoms with E-state index >= 15 is 0 Å². The average molecular weight is 498 g/mol. The van der Waals surface area contributed by atoms with Crippen molar-refractivity contribution in [1.82, 2.24) is 4.90 Å². The predicted molar refractivity (Wildman–Crippen MR) is 84.9 cm³/mol. The van der Waals surface area contributed by atoms with Crippen LogP contribution in [0.1, 0.15) is 24.2 Å². The molecule has 0 aliphatic carbocycles. The van der Waals surface area contributed by atoms with Gasteiger partial charge in [-0.1, -0.05) is 26.0 Å². The summed E-state index contributed by atoms with van der Waals surface area (Å²) in [4.78, 5) is 13.8. The number of nitrogens with two attached hydrogens (primary N) is 2. The van der Waals surface area contributed by atoms with E-state index in [1.54, 1.807) is 43.0 Å². The van der Waals surface area contributed by atoms with Gasteiger partial charge in [0.15, 0.2) is 0 Å². The number of nitrogens with one attached hydrogen (secondary N) is 1. The van der Waals surface area contributed by atoms with Gasteiger partial charge in [-0.15, -0.1) is 5.69 Å². The second kappa shape index (κ2) is 15.7. The van der Waals surface area contributed by atoms with Crippen LogP contribution in [-0.4, -0.2) is 37.1 Å². The van der Waals surface area contributed by atoms with Gasteiger partial charge in [0.2, 0.25) is 0 Å². The number of likely N-dealkylation sites (N-methyl/N-ethyl adjacent to an activating group) is 1. The van der Waals surface area contributed by atoms with E-state index < -0.39 is 0 Å². The van der Waals surface area contributed by atoms with Gasteiger partial charge in [-0.2, -0.15) is 0 Å². The molecule has 0 aliphatic rings. The first-order valence-electron chi connectivity index (χ1n) is 6.00. The summed E-state index contributed by atoms with van der Waals surface area (Å²) in [6.07, 6.45) is 0. The zero-order valence-electron chi connectivity index (χ0n) is 12.3. The van der Waals surface area contributed by atoms with Gasteiger partial charge in [-0.05, 0) is 25.2 Å². The third-order valence-electron chi connectivity index (χ3n) is 2.66. The summed E-state index contributed by atoms with van der Waals surface area (Å²) in [6, 6.07) is 6.39. The van der Waals surface area contributed by atoms with Crippen molar-refractivity contribution in [2.75, 3.05) is 26.2 Å². The van der Waals surface area contributed by atoms with Gasteiger partial charge >= 0.3 is 34.2 Å². The molecule has 0 aliphatic heterocycles. The van der Waals surface area contributed by atoms with Gasteiger partial charge in [0.25, 0.3) is 0 Å². The van der Waals surface area contributed by atoms with Gasteiger partial charge in [-0.25, -0.2) is 4.79 Å². The van der Waals surface area contributed by atoms with E-state index in [1.807, 2.05) is 0 Å². The third kappa shape index (κ3) is 10.7. The summed E-state index contributed by atoms with van der Waals surface area (Å²) in [5, 5.41) is 0. The summed E-state index contributed by atoms with van der Waals surface area (Å²) in [5.41, 5.74) is 8.21. The standard InChI is InChI=1S/C13H20N2O2.ClH.2H2N.Pt/c1-3-15(4-2)9-10-17-13(16)11-5-7-12(14)8-6-11;;;;/h5-8H,3-4,9-10H2,1-2H3,(H2,14,16);1H;2*1H2;/q;;2*-1;+1/p-2. The molecule has 0 atom stereocenters. The maximum absolute atomic E-state index is 11.6. The number of carbonyl (C=O) groups excluding carboxylic acids is 1. The molecule has 0 heterocycles. The fraction of sp³-hybridized carbons (Fsp3) is 0.462. The Labute approximate surface area is 142 Å². The van der Waals surface area contributed by atoms with Crippen LogP contribution in [0.3, 0.4) is 0 Å². The Morgan fingerprint density at radius 2 is 1.67 bits per heavy atom. The van der Waals surface area contributed by atoms with Crippen molar-refractivity contribution in [2.45, 2.75) is 13.8 Å². The molecule has 0 saturated heterocycles. The van der Waals surface area contributed by atoms with E-state index in [2.05, 4.69) is 28.2 Å². The Bertz CT molecular complexity index is 362. The zero-order chi connectivity index (χ0) is 14.7. The Hall–Kier alpha value is -0.652. The number of nitrogens with zero attached hydrogens (tertiary/aromatic N) is 1. The maximum Gasteiger partial charge on any atom is -0.693 e. The second-order valence-electron chi connectivity index (χ2n) is 3.74. The molecule has 0 fully saturated rings. The number of hydrogen-bond donors (Lipinski definition) is 0. The van der Waals surface area contributed by atoms with Crippen LogP contribution in [0, 0.1) is 0 Å². The fourth-order valence-corrected chi connectivity index (χ4v) is 1.50. The monoisotopic (exact) mass is 497 g/mol. The van der Waals surface area contributed by atoms with Gasteiger partial charge in [-0.3, -0.25) is 0 Å². The van der Waals surface area contributed by atoms with Crippen LogP contribution in [0.5, 0.6) is 0 Å². The van der Waals surface area contributed by atoms with Crippen LogP contribution in [0.4, 0.5) is 5.69 Å². The Kier molecular flexibility index (Phi) is 19.0. The van der Waals surface area contributed by atoms with Crippen LogP contribution in [0.25, 0.3) is 18.0 Å². The van der Waals surface area contributed by atoms with Gasteiger partial charge in [0.05, 0.1) is 5.56 Å². The van der Waals surface area contributed by atoms with Crippen molar-refractivity contribution in [3.63, 3.8) is 0 Å². The zero-order valence-corrected chi connectivity index (χ0v) is 15.3. The van der Waals surface area contributed by atoms with Crippen LogP contribution >= 0.6 is 9.42 Å². The topological polar surface area (TPSA) is 120 Å². The summed E-state index contributed by atoms with van der Waals surface area (Å²) >= 11 is 1.61. The SMILES string of the molecule is CCN(CC)CCOC(=O)c1ccc([NH-])cc1.[Cl][Pt].[NH2-].[NH2-]. The Morgan fingerprint density at radius 1 is 1.19 bits per heavy atom. The fourth-order valence-electron chi connectivity index (χ4n) is 1.50. The van der Waals surface area contributed by atoms with E-state index in [-0.39, 0.29) is 18.3 Å². The molecule has 1 aromatic carbocycles.